The molecule has 0 fully saturated rings. The molecule has 0 amide bonds. The second-order valence-electron chi connectivity index (χ2n) is 8.63. The van der Waals surface area contributed by atoms with Crippen LogP contribution in [0.1, 0.15) is 26.3 Å². The maximum atomic E-state index is 10.4. The molecule has 4 nitrogen and oxygen atoms in total. The van der Waals surface area contributed by atoms with Crippen molar-refractivity contribution in [1.82, 2.24) is 9.97 Å². The van der Waals surface area contributed by atoms with E-state index >= 15 is 0 Å². The summed E-state index contributed by atoms with van der Waals surface area (Å²) in [5, 5.41) is 10.4. The Morgan fingerprint density at radius 1 is 0.767 bits per heavy atom. The number of rotatable bonds is 1. The van der Waals surface area contributed by atoms with Gasteiger partial charge in [-0.3, -0.25) is 9.88 Å². The van der Waals surface area contributed by atoms with E-state index in [9.17, 15) is 5.11 Å². The van der Waals surface area contributed by atoms with Crippen molar-refractivity contribution in [1.29, 1.82) is 0 Å². The first kappa shape index (κ1) is 18.4. The van der Waals surface area contributed by atoms with Crippen LogP contribution in [0.4, 0.5) is 17.2 Å². The Morgan fingerprint density at radius 3 is 2.30 bits per heavy atom. The number of fused-ring (bicyclic) bond motifs is 5. The van der Waals surface area contributed by atoms with Crippen LogP contribution < -0.4 is 4.90 Å². The van der Waals surface area contributed by atoms with Crippen LogP contribution in [0, 0.1) is 0 Å². The fourth-order valence-corrected chi connectivity index (χ4v) is 4.06. The molecular formula is C26H23N3O. The lowest BCUT2D eigenvalue weighted by Gasteiger charge is -2.28. The Kier molecular flexibility index (Phi) is 4.10. The van der Waals surface area contributed by atoms with Gasteiger partial charge >= 0.3 is 0 Å². The number of aromatic hydroxyl groups is 1. The van der Waals surface area contributed by atoms with Crippen LogP contribution in [0.5, 0.6) is 5.75 Å². The zero-order valence-corrected chi connectivity index (χ0v) is 17.3. The Bertz CT molecular complexity index is 1260. The number of hydrogen-bond donors (Lipinski definition) is 1. The average Bonchev–Trinajstić information content (AvgIpc) is 2.86. The van der Waals surface area contributed by atoms with Crippen molar-refractivity contribution in [3.05, 3.63) is 84.8 Å². The third-order valence-electron chi connectivity index (χ3n) is 5.61. The molecule has 0 aliphatic carbocycles. The van der Waals surface area contributed by atoms with Gasteiger partial charge in [0.15, 0.2) is 0 Å². The number of hydrogen-bond acceptors (Lipinski definition) is 4. The molecule has 0 spiro atoms. The zero-order chi connectivity index (χ0) is 20.9. The largest absolute Gasteiger partial charge is 0.508 e. The third kappa shape index (κ3) is 2.92. The van der Waals surface area contributed by atoms with Crippen LogP contribution >= 0.6 is 0 Å². The minimum atomic E-state index is -0.00473. The van der Waals surface area contributed by atoms with Gasteiger partial charge in [0.2, 0.25) is 0 Å². The van der Waals surface area contributed by atoms with Crippen molar-refractivity contribution in [2.45, 2.75) is 26.2 Å². The van der Waals surface area contributed by atoms with E-state index in [1.165, 1.54) is 5.56 Å². The topological polar surface area (TPSA) is 49.2 Å². The van der Waals surface area contributed by atoms with Crippen LogP contribution in [0.2, 0.25) is 0 Å². The van der Waals surface area contributed by atoms with E-state index < -0.39 is 0 Å². The number of phenols is 1. The summed E-state index contributed by atoms with van der Waals surface area (Å²) in [5.41, 5.74) is 7.38. The Balaban J connectivity index is 1.87. The number of aromatic nitrogens is 2. The molecule has 3 heterocycles. The SMILES string of the molecule is CC(C)(C)c1ccnc(N2c3ccncc3-c3ccccc3-c3ccc(O)cc32)c1. The highest BCUT2D eigenvalue weighted by molar-refractivity contribution is 6.01. The lowest BCUT2D eigenvalue weighted by Crippen LogP contribution is -2.16. The molecule has 5 rings (SSSR count). The number of benzene rings is 2. The second-order valence-corrected chi connectivity index (χ2v) is 8.63. The summed E-state index contributed by atoms with van der Waals surface area (Å²) in [5.74, 6) is 1.04. The first-order valence-corrected chi connectivity index (χ1v) is 10.1. The number of phenolic OH excluding ortho intramolecular Hbond substituents is 1. The first-order chi connectivity index (χ1) is 14.4. The molecule has 148 valence electrons. The first-order valence-electron chi connectivity index (χ1n) is 10.1. The molecule has 2 aromatic carbocycles. The second kappa shape index (κ2) is 6.70. The molecule has 0 unspecified atom stereocenters. The molecule has 1 aliphatic heterocycles. The maximum absolute atomic E-state index is 10.4. The van der Waals surface area contributed by atoms with Crippen molar-refractivity contribution in [2.75, 3.05) is 4.90 Å². The van der Waals surface area contributed by atoms with Gasteiger partial charge in [0, 0.05) is 35.8 Å². The molecule has 0 saturated carbocycles. The molecule has 0 atom stereocenters. The quantitative estimate of drug-likeness (QED) is 0.349. The summed E-state index contributed by atoms with van der Waals surface area (Å²) >= 11 is 0. The van der Waals surface area contributed by atoms with Gasteiger partial charge in [-0.1, -0.05) is 45.0 Å². The maximum Gasteiger partial charge on any atom is 0.137 e. The monoisotopic (exact) mass is 393 g/mol. The van der Waals surface area contributed by atoms with Crippen molar-refractivity contribution in [3.8, 4) is 28.0 Å². The van der Waals surface area contributed by atoms with Gasteiger partial charge < -0.3 is 5.11 Å². The number of nitrogens with zero attached hydrogens (tertiary/aromatic N) is 3. The molecular weight excluding hydrogens is 370 g/mol. The Labute approximate surface area is 176 Å². The summed E-state index contributed by atoms with van der Waals surface area (Å²) in [6.07, 6.45) is 5.56. The van der Waals surface area contributed by atoms with Crippen LogP contribution in [0.15, 0.2) is 79.3 Å². The van der Waals surface area contributed by atoms with Gasteiger partial charge in [0.1, 0.15) is 11.6 Å². The number of anilines is 3. The summed E-state index contributed by atoms with van der Waals surface area (Å²) in [6.45, 7) is 6.59. The smallest absolute Gasteiger partial charge is 0.137 e. The highest BCUT2D eigenvalue weighted by Gasteiger charge is 2.27. The van der Waals surface area contributed by atoms with Gasteiger partial charge in [-0.05, 0) is 52.4 Å². The van der Waals surface area contributed by atoms with Crippen LogP contribution in [-0.4, -0.2) is 15.1 Å². The normalized spacial score (nSPS) is 12.6. The minimum absolute atomic E-state index is 0.00473. The molecule has 30 heavy (non-hydrogen) atoms. The van der Waals surface area contributed by atoms with E-state index in [0.717, 1.165) is 39.4 Å². The van der Waals surface area contributed by atoms with Crippen molar-refractivity contribution >= 4 is 17.2 Å². The predicted octanol–water partition coefficient (Wildman–Crippen LogP) is 6.60. The lowest BCUT2D eigenvalue weighted by atomic mass is 9.87. The van der Waals surface area contributed by atoms with Gasteiger partial charge in [0.25, 0.3) is 0 Å². The summed E-state index contributed by atoms with van der Waals surface area (Å²) in [7, 11) is 0. The van der Waals surface area contributed by atoms with Crippen molar-refractivity contribution in [2.24, 2.45) is 0 Å². The van der Waals surface area contributed by atoms with E-state index in [1.807, 2.05) is 42.7 Å². The fourth-order valence-electron chi connectivity index (χ4n) is 4.06. The number of pyridine rings is 2. The molecule has 4 aromatic rings. The van der Waals surface area contributed by atoms with E-state index in [4.69, 9.17) is 4.98 Å². The highest BCUT2D eigenvalue weighted by Crippen LogP contribution is 2.50. The summed E-state index contributed by atoms with van der Waals surface area (Å²) < 4.78 is 0. The third-order valence-corrected chi connectivity index (χ3v) is 5.61. The van der Waals surface area contributed by atoms with Gasteiger partial charge in [-0.25, -0.2) is 4.98 Å². The molecule has 1 N–H and O–H groups in total. The van der Waals surface area contributed by atoms with Gasteiger partial charge in [0.05, 0.1) is 11.4 Å². The van der Waals surface area contributed by atoms with Crippen molar-refractivity contribution in [3.63, 3.8) is 0 Å². The molecule has 0 radical (unpaired) electrons. The highest BCUT2D eigenvalue weighted by atomic mass is 16.3. The van der Waals surface area contributed by atoms with Gasteiger partial charge in [-0.15, -0.1) is 0 Å². The fraction of sp³-hybridized carbons (Fsp3) is 0.154. The molecule has 4 heteroatoms. The zero-order valence-electron chi connectivity index (χ0n) is 17.3. The van der Waals surface area contributed by atoms with E-state index in [-0.39, 0.29) is 11.2 Å². The molecule has 0 bridgehead atoms. The van der Waals surface area contributed by atoms with Gasteiger partial charge in [-0.2, -0.15) is 0 Å². The predicted molar refractivity (Wildman–Crippen MR) is 122 cm³/mol. The Hall–Kier alpha value is -3.66. The molecule has 0 saturated heterocycles. The van der Waals surface area contributed by atoms with E-state index in [0.29, 0.717) is 0 Å². The lowest BCUT2D eigenvalue weighted by molar-refractivity contribution is 0.475. The Morgan fingerprint density at radius 2 is 1.53 bits per heavy atom. The minimum Gasteiger partial charge on any atom is -0.508 e. The van der Waals surface area contributed by atoms with Crippen LogP contribution in [-0.2, 0) is 5.41 Å². The van der Waals surface area contributed by atoms with E-state index in [2.05, 4.69) is 54.9 Å². The molecule has 2 aromatic heterocycles. The summed E-state index contributed by atoms with van der Waals surface area (Å²) in [6, 6.07) is 20.1. The summed E-state index contributed by atoms with van der Waals surface area (Å²) in [4.78, 5) is 11.3. The van der Waals surface area contributed by atoms with Crippen LogP contribution in [0.3, 0.4) is 0 Å². The van der Waals surface area contributed by atoms with E-state index in [1.54, 1.807) is 12.3 Å². The average molecular weight is 393 g/mol. The van der Waals surface area contributed by atoms with Crippen LogP contribution in [0.25, 0.3) is 22.3 Å². The standard InChI is InChI=1S/C26H23N3O/c1-26(2,3)17-10-13-28-25(14-17)29-23-11-12-27-16-22(23)20-7-5-4-6-19(20)21-9-8-18(30)15-24(21)29/h4-16,30H,1-3H3. The molecule has 1 aliphatic rings. The van der Waals surface area contributed by atoms with Crippen molar-refractivity contribution < 1.29 is 5.11 Å².